The van der Waals surface area contributed by atoms with Gasteiger partial charge in [-0.1, -0.05) is 18.2 Å². The number of oxazole rings is 1. The molecule has 0 unspecified atom stereocenters. The average Bonchev–Trinajstić information content (AvgIpc) is 2.97. The standard InChI is InChI=1S/C19H28N4O3.HI/c1-5-20-19(22-12-18-23-14(2)15(3)26-18)21-10-11-25-13-16-8-6-7-9-17(16)24-4;/h6-9H,5,10-13H2,1-4H3,(H2,20,21,22);1H. The molecule has 27 heavy (non-hydrogen) atoms. The van der Waals surface area contributed by atoms with Gasteiger partial charge in [0, 0.05) is 18.7 Å². The minimum atomic E-state index is 0. The van der Waals surface area contributed by atoms with E-state index in [1.807, 2.05) is 45.0 Å². The first kappa shape index (κ1) is 23.2. The fraction of sp³-hybridized carbons (Fsp3) is 0.474. The number of halogens is 1. The van der Waals surface area contributed by atoms with E-state index in [4.69, 9.17) is 13.9 Å². The number of nitrogens with zero attached hydrogens (tertiary/aromatic N) is 2. The van der Waals surface area contributed by atoms with Crippen molar-refractivity contribution in [3.05, 3.63) is 47.2 Å². The molecule has 2 rings (SSSR count). The van der Waals surface area contributed by atoms with Gasteiger partial charge >= 0.3 is 0 Å². The molecule has 0 saturated heterocycles. The van der Waals surface area contributed by atoms with E-state index in [-0.39, 0.29) is 24.0 Å². The van der Waals surface area contributed by atoms with Crippen molar-refractivity contribution in [1.82, 2.24) is 15.6 Å². The number of para-hydroxylation sites is 1. The van der Waals surface area contributed by atoms with Crippen LogP contribution in [-0.2, 0) is 17.9 Å². The largest absolute Gasteiger partial charge is 0.496 e. The zero-order valence-corrected chi connectivity index (χ0v) is 18.7. The Bertz CT molecular complexity index is 699. The van der Waals surface area contributed by atoms with Crippen LogP contribution in [0.25, 0.3) is 0 Å². The summed E-state index contributed by atoms with van der Waals surface area (Å²) in [5.41, 5.74) is 1.93. The summed E-state index contributed by atoms with van der Waals surface area (Å²) in [7, 11) is 1.66. The second-order valence-electron chi connectivity index (χ2n) is 5.74. The summed E-state index contributed by atoms with van der Waals surface area (Å²) in [4.78, 5) is 8.82. The lowest BCUT2D eigenvalue weighted by atomic mass is 10.2. The Balaban J connectivity index is 0.00000364. The van der Waals surface area contributed by atoms with Gasteiger partial charge in [0.2, 0.25) is 5.89 Å². The van der Waals surface area contributed by atoms with E-state index >= 15 is 0 Å². The number of nitrogens with one attached hydrogen (secondary N) is 2. The minimum Gasteiger partial charge on any atom is -0.496 e. The van der Waals surface area contributed by atoms with Gasteiger partial charge in [0.25, 0.3) is 0 Å². The quantitative estimate of drug-likeness (QED) is 0.244. The second-order valence-corrected chi connectivity index (χ2v) is 5.74. The normalized spacial score (nSPS) is 11.0. The van der Waals surface area contributed by atoms with Crippen LogP contribution in [0.2, 0.25) is 0 Å². The molecule has 150 valence electrons. The highest BCUT2D eigenvalue weighted by atomic mass is 127. The van der Waals surface area contributed by atoms with E-state index in [1.165, 1.54) is 0 Å². The predicted molar refractivity (Wildman–Crippen MR) is 117 cm³/mol. The van der Waals surface area contributed by atoms with Gasteiger partial charge in [-0.3, -0.25) is 0 Å². The molecular weight excluding hydrogens is 459 g/mol. The molecule has 0 atom stereocenters. The van der Waals surface area contributed by atoms with Crippen molar-refractivity contribution in [3.8, 4) is 5.75 Å². The molecule has 1 aromatic carbocycles. The fourth-order valence-corrected chi connectivity index (χ4v) is 2.34. The number of aromatic nitrogens is 1. The average molecular weight is 488 g/mol. The Labute approximate surface area is 178 Å². The Kier molecular flexibility index (Phi) is 10.8. The van der Waals surface area contributed by atoms with Crippen LogP contribution in [0.4, 0.5) is 0 Å². The SMILES string of the molecule is CCNC(=NCc1nc(C)c(C)o1)NCCOCc1ccccc1OC.I. The molecule has 0 spiro atoms. The monoisotopic (exact) mass is 488 g/mol. The number of benzene rings is 1. The van der Waals surface area contributed by atoms with Crippen LogP contribution in [-0.4, -0.2) is 37.7 Å². The van der Waals surface area contributed by atoms with E-state index in [0.717, 1.165) is 29.3 Å². The zero-order valence-electron chi connectivity index (χ0n) is 16.4. The lowest BCUT2D eigenvalue weighted by Crippen LogP contribution is -2.39. The van der Waals surface area contributed by atoms with Gasteiger partial charge in [0.15, 0.2) is 5.96 Å². The number of methoxy groups -OCH3 is 1. The number of guanidine groups is 1. The summed E-state index contributed by atoms with van der Waals surface area (Å²) < 4.78 is 16.6. The second kappa shape index (κ2) is 12.6. The first-order valence-electron chi connectivity index (χ1n) is 8.78. The molecule has 1 aromatic heterocycles. The van der Waals surface area contributed by atoms with Crippen molar-refractivity contribution in [2.24, 2.45) is 4.99 Å². The first-order chi connectivity index (χ1) is 12.6. The summed E-state index contributed by atoms with van der Waals surface area (Å²) in [6.07, 6.45) is 0. The molecule has 0 aliphatic carbocycles. The van der Waals surface area contributed by atoms with E-state index < -0.39 is 0 Å². The number of aliphatic imine (C=N–C) groups is 1. The van der Waals surface area contributed by atoms with Crippen molar-refractivity contribution < 1.29 is 13.9 Å². The lowest BCUT2D eigenvalue weighted by Gasteiger charge is -2.12. The Hall–Kier alpha value is -1.81. The third-order valence-corrected chi connectivity index (χ3v) is 3.78. The maximum absolute atomic E-state index is 5.72. The summed E-state index contributed by atoms with van der Waals surface area (Å²) in [5.74, 6) is 3.00. The predicted octanol–water partition coefficient (Wildman–Crippen LogP) is 3.19. The zero-order chi connectivity index (χ0) is 18.8. The first-order valence-corrected chi connectivity index (χ1v) is 8.78. The number of hydrogen-bond acceptors (Lipinski definition) is 5. The van der Waals surface area contributed by atoms with Crippen molar-refractivity contribution in [2.45, 2.75) is 33.9 Å². The number of rotatable bonds is 9. The van der Waals surface area contributed by atoms with Crippen LogP contribution in [0.15, 0.2) is 33.7 Å². The Morgan fingerprint density at radius 1 is 1.22 bits per heavy atom. The minimum absolute atomic E-state index is 0. The highest BCUT2D eigenvalue weighted by Gasteiger charge is 2.05. The van der Waals surface area contributed by atoms with E-state index in [2.05, 4.69) is 20.6 Å². The van der Waals surface area contributed by atoms with Gasteiger partial charge in [0.05, 0.1) is 26.0 Å². The Morgan fingerprint density at radius 2 is 2.00 bits per heavy atom. The molecule has 7 nitrogen and oxygen atoms in total. The molecule has 0 aliphatic rings. The molecular formula is C19H29IN4O3. The van der Waals surface area contributed by atoms with Crippen molar-refractivity contribution >= 4 is 29.9 Å². The van der Waals surface area contributed by atoms with Gasteiger partial charge in [-0.05, 0) is 26.8 Å². The van der Waals surface area contributed by atoms with Gasteiger partial charge in [0.1, 0.15) is 18.1 Å². The molecule has 0 radical (unpaired) electrons. The third kappa shape index (κ3) is 7.76. The topological polar surface area (TPSA) is 80.9 Å². The summed E-state index contributed by atoms with van der Waals surface area (Å²) in [6, 6.07) is 7.85. The molecule has 0 fully saturated rings. The molecule has 8 heteroatoms. The third-order valence-electron chi connectivity index (χ3n) is 3.78. The molecule has 1 heterocycles. The summed E-state index contributed by atoms with van der Waals surface area (Å²) >= 11 is 0. The van der Waals surface area contributed by atoms with Crippen molar-refractivity contribution in [3.63, 3.8) is 0 Å². The van der Waals surface area contributed by atoms with Gasteiger partial charge < -0.3 is 24.5 Å². The fourth-order valence-electron chi connectivity index (χ4n) is 2.34. The lowest BCUT2D eigenvalue weighted by molar-refractivity contribution is 0.123. The highest BCUT2D eigenvalue weighted by molar-refractivity contribution is 14.0. The molecule has 0 bridgehead atoms. The highest BCUT2D eigenvalue weighted by Crippen LogP contribution is 2.17. The maximum atomic E-state index is 5.72. The molecule has 2 aromatic rings. The van der Waals surface area contributed by atoms with Gasteiger partial charge in [-0.25, -0.2) is 9.98 Å². The maximum Gasteiger partial charge on any atom is 0.216 e. The van der Waals surface area contributed by atoms with Crippen molar-refractivity contribution in [1.29, 1.82) is 0 Å². The molecule has 0 saturated carbocycles. The number of hydrogen-bond donors (Lipinski definition) is 2. The number of aryl methyl sites for hydroxylation is 2. The van der Waals surface area contributed by atoms with Crippen LogP contribution < -0.4 is 15.4 Å². The molecule has 0 amide bonds. The van der Waals surface area contributed by atoms with Crippen LogP contribution >= 0.6 is 24.0 Å². The number of ether oxygens (including phenoxy) is 2. The smallest absolute Gasteiger partial charge is 0.216 e. The van der Waals surface area contributed by atoms with Gasteiger partial charge in [-0.2, -0.15) is 0 Å². The van der Waals surface area contributed by atoms with Crippen LogP contribution in [0.5, 0.6) is 5.75 Å². The van der Waals surface area contributed by atoms with E-state index in [9.17, 15) is 0 Å². The summed E-state index contributed by atoms with van der Waals surface area (Å²) in [5, 5.41) is 6.44. The summed E-state index contributed by atoms with van der Waals surface area (Å²) in [6.45, 7) is 8.73. The van der Waals surface area contributed by atoms with Crippen LogP contribution in [0.1, 0.15) is 29.8 Å². The van der Waals surface area contributed by atoms with Crippen molar-refractivity contribution in [2.75, 3.05) is 26.8 Å². The van der Waals surface area contributed by atoms with Gasteiger partial charge in [-0.15, -0.1) is 24.0 Å². The van der Waals surface area contributed by atoms with E-state index in [0.29, 0.717) is 38.2 Å². The molecule has 0 aliphatic heterocycles. The Morgan fingerprint density at radius 3 is 2.67 bits per heavy atom. The van der Waals surface area contributed by atoms with E-state index in [1.54, 1.807) is 7.11 Å². The van der Waals surface area contributed by atoms with Crippen LogP contribution in [0, 0.1) is 13.8 Å². The van der Waals surface area contributed by atoms with Crippen LogP contribution in [0.3, 0.4) is 0 Å². The molecule has 2 N–H and O–H groups in total.